The highest BCUT2D eigenvalue weighted by molar-refractivity contribution is 7.13. The van der Waals surface area contributed by atoms with Gasteiger partial charge in [0.1, 0.15) is 4.88 Å². The summed E-state index contributed by atoms with van der Waals surface area (Å²) >= 11 is 1.54. The average molecular weight is 308 g/mol. The van der Waals surface area contributed by atoms with Crippen LogP contribution < -0.4 is 0 Å². The minimum atomic E-state index is 0.00157. The second-order valence-electron chi connectivity index (χ2n) is 7.04. The van der Waals surface area contributed by atoms with E-state index in [9.17, 15) is 4.79 Å². The number of amides is 1. The van der Waals surface area contributed by atoms with Crippen molar-refractivity contribution in [3.63, 3.8) is 0 Å². The number of morpholine rings is 1. The average Bonchev–Trinajstić information content (AvgIpc) is 2.96. The van der Waals surface area contributed by atoms with Gasteiger partial charge in [-0.25, -0.2) is 4.98 Å². The van der Waals surface area contributed by atoms with Gasteiger partial charge in [0.15, 0.2) is 0 Å². The first kappa shape index (κ1) is 15.0. The Hall–Kier alpha value is -0.940. The minimum absolute atomic E-state index is 0.00157. The molecule has 0 radical (unpaired) electrons. The van der Waals surface area contributed by atoms with Crippen LogP contribution in [0.15, 0.2) is 6.20 Å². The molecular formula is C16H24N2O2S. The second-order valence-corrected chi connectivity index (χ2v) is 8.07. The zero-order valence-electron chi connectivity index (χ0n) is 13.1. The Morgan fingerprint density at radius 1 is 1.38 bits per heavy atom. The summed E-state index contributed by atoms with van der Waals surface area (Å²) in [5, 5.41) is 1.03. The molecule has 2 aliphatic rings. The van der Waals surface area contributed by atoms with Crippen LogP contribution >= 0.6 is 11.3 Å². The van der Waals surface area contributed by atoms with Gasteiger partial charge in [-0.05, 0) is 12.8 Å². The molecule has 0 aromatic carbocycles. The summed E-state index contributed by atoms with van der Waals surface area (Å²) in [4.78, 5) is 20.1. The van der Waals surface area contributed by atoms with Crippen molar-refractivity contribution in [1.29, 1.82) is 0 Å². The third kappa shape index (κ3) is 2.99. The number of rotatable bonds is 1. The first-order valence-corrected chi connectivity index (χ1v) is 8.67. The summed E-state index contributed by atoms with van der Waals surface area (Å²) in [5.41, 5.74) is 0.00157. The molecule has 1 saturated carbocycles. The van der Waals surface area contributed by atoms with Crippen molar-refractivity contribution in [2.24, 2.45) is 0 Å². The van der Waals surface area contributed by atoms with Gasteiger partial charge in [-0.2, -0.15) is 0 Å². The van der Waals surface area contributed by atoms with E-state index in [1.807, 2.05) is 4.90 Å². The molecule has 0 spiro atoms. The van der Waals surface area contributed by atoms with E-state index in [4.69, 9.17) is 4.74 Å². The normalized spacial score (nSPS) is 26.5. The van der Waals surface area contributed by atoms with Gasteiger partial charge in [-0.3, -0.25) is 4.79 Å². The van der Waals surface area contributed by atoms with E-state index in [1.165, 1.54) is 24.2 Å². The molecule has 1 amide bonds. The standard InChI is InChI=1S/C16H24N2O2S/c1-16(2,3)15-17-10-13(21-15)14(19)18-8-9-20-12-7-5-4-6-11(12)18/h10-12H,4-9H2,1-3H3/t11-,12+/m0/s1. The van der Waals surface area contributed by atoms with E-state index < -0.39 is 0 Å². The quantitative estimate of drug-likeness (QED) is 0.800. The fourth-order valence-electron chi connectivity index (χ4n) is 3.21. The smallest absolute Gasteiger partial charge is 0.265 e. The van der Waals surface area contributed by atoms with E-state index >= 15 is 0 Å². The van der Waals surface area contributed by atoms with Crippen LogP contribution in [0, 0.1) is 0 Å². The van der Waals surface area contributed by atoms with Crippen LogP contribution in [-0.4, -0.2) is 41.1 Å². The lowest BCUT2D eigenvalue weighted by molar-refractivity contribution is -0.0751. The predicted octanol–water partition coefficient (Wildman–Crippen LogP) is 3.22. The van der Waals surface area contributed by atoms with Crippen LogP contribution in [0.1, 0.15) is 61.1 Å². The Labute approximate surface area is 130 Å². The summed E-state index contributed by atoms with van der Waals surface area (Å²) in [7, 11) is 0. The maximum atomic E-state index is 12.8. The first-order chi connectivity index (χ1) is 9.97. The Kier molecular flexibility index (Phi) is 4.06. The Balaban J connectivity index is 1.79. The van der Waals surface area contributed by atoms with Crippen LogP contribution in [0.25, 0.3) is 0 Å². The minimum Gasteiger partial charge on any atom is -0.374 e. The number of thiazole rings is 1. The molecule has 21 heavy (non-hydrogen) atoms. The van der Waals surface area contributed by atoms with Crippen molar-refractivity contribution in [2.45, 2.75) is 64.0 Å². The number of hydrogen-bond acceptors (Lipinski definition) is 4. The number of aromatic nitrogens is 1. The summed E-state index contributed by atoms with van der Waals surface area (Å²) in [6.07, 6.45) is 6.57. The van der Waals surface area contributed by atoms with Crippen LogP contribution in [-0.2, 0) is 10.2 Å². The maximum Gasteiger partial charge on any atom is 0.265 e. The van der Waals surface area contributed by atoms with Crippen molar-refractivity contribution in [3.05, 3.63) is 16.1 Å². The molecule has 1 saturated heterocycles. The number of ether oxygens (including phenoxy) is 1. The number of nitrogens with zero attached hydrogens (tertiary/aromatic N) is 2. The molecule has 2 fully saturated rings. The molecule has 1 aromatic rings. The molecule has 5 heteroatoms. The highest BCUT2D eigenvalue weighted by atomic mass is 32.1. The predicted molar refractivity (Wildman–Crippen MR) is 83.8 cm³/mol. The molecule has 0 unspecified atom stereocenters. The molecule has 1 aliphatic heterocycles. The van der Waals surface area contributed by atoms with Gasteiger partial charge in [0, 0.05) is 12.0 Å². The summed E-state index contributed by atoms with van der Waals surface area (Å²) in [6, 6.07) is 0.264. The van der Waals surface area contributed by atoms with E-state index in [0.29, 0.717) is 13.2 Å². The molecule has 1 aliphatic carbocycles. The largest absolute Gasteiger partial charge is 0.374 e. The fourth-order valence-corrected chi connectivity index (χ4v) is 4.14. The molecular weight excluding hydrogens is 284 g/mol. The highest BCUT2D eigenvalue weighted by Crippen LogP contribution is 2.32. The first-order valence-electron chi connectivity index (χ1n) is 7.86. The number of carbonyl (C=O) groups excluding carboxylic acids is 1. The summed E-state index contributed by atoms with van der Waals surface area (Å²) < 4.78 is 5.85. The molecule has 4 nitrogen and oxygen atoms in total. The molecule has 0 bridgehead atoms. The van der Waals surface area contributed by atoms with E-state index in [0.717, 1.165) is 22.7 Å². The third-order valence-electron chi connectivity index (χ3n) is 4.35. The molecule has 0 N–H and O–H groups in total. The molecule has 2 atom stereocenters. The zero-order valence-corrected chi connectivity index (χ0v) is 13.9. The van der Waals surface area contributed by atoms with E-state index in [1.54, 1.807) is 6.20 Å². The van der Waals surface area contributed by atoms with Crippen molar-refractivity contribution in [1.82, 2.24) is 9.88 Å². The zero-order chi connectivity index (χ0) is 15.0. The summed E-state index contributed by atoms with van der Waals surface area (Å²) in [6.45, 7) is 7.77. The number of fused-ring (bicyclic) bond motifs is 1. The molecule has 1 aromatic heterocycles. The fraction of sp³-hybridized carbons (Fsp3) is 0.750. The lowest BCUT2D eigenvalue weighted by Gasteiger charge is -2.43. The summed E-state index contributed by atoms with van der Waals surface area (Å²) in [5.74, 6) is 0.142. The van der Waals surface area contributed by atoms with Crippen molar-refractivity contribution in [3.8, 4) is 0 Å². The van der Waals surface area contributed by atoms with Gasteiger partial charge < -0.3 is 9.64 Å². The van der Waals surface area contributed by atoms with Crippen LogP contribution in [0.4, 0.5) is 0 Å². The number of hydrogen-bond donors (Lipinski definition) is 0. The Morgan fingerprint density at radius 2 is 2.14 bits per heavy atom. The van der Waals surface area contributed by atoms with E-state index in [2.05, 4.69) is 25.8 Å². The monoisotopic (exact) mass is 308 g/mol. The SMILES string of the molecule is CC(C)(C)c1ncc(C(=O)N2CCO[C@@H]3CCCC[C@@H]32)s1. The van der Waals surface area contributed by atoms with Gasteiger partial charge in [0.2, 0.25) is 0 Å². The Bertz CT molecular complexity index is 519. The van der Waals surface area contributed by atoms with Gasteiger partial charge in [0.05, 0.1) is 30.0 Å². The Morgan fingerprint density at radius 3 is 2.86 bits per heavy atom. The molecule has 3 rings (SSSR count). The van der Waals surface area contributed by atoms with Crippen molar-refractivity contribution < 1.29 is 9.53 Å². The van der Waals surface area contributed by atoms with Gasteiger partial charge in [-0.15, -0.1) is 11.3 Å². The van der Waals surface area contributed by atoms with Crippen LogP contribution in [0.3, 0.4) is 0 Å². The second kappa shape index (κ2) is 5.69. The van der Waals surface area contributed by atoms with Crippen molar-refractivity contribution >= 4 is 17.2 Å². The molecule has 2 heterocycles. The lowest BCUT2D eigenvalue weighted by atomic mass is 9.90. The van der Waals surface area contributed by atoms with Crippen molar-refractivity contribution in [2.75, 3.05) is 13.2 Å². The van der Waals surface area contributed by atoms with E-state index in [-0.39, 0.29) is 23.5 Å². The maximum absolute atomic E-state index is 12.8. The van der Waals surface area contributed by atoms with Gasteiger partial charge in [-0.1, -0.05) is 33.6 Å². The van der Waals surface area contributed by atoms with Crippen LogP contribution in [0.2, 0.25) is 0 Å². The highest BCUT2D eigenvalue weighted by Gasteiger charge is 2.37. The topological polar surface area (TPSA) is 42.4 Å². The van der Waals surface area contributed by atoms with Gasteiger partial charge >= 0.3 is 0 Å². The third-order valence-corrected chi connectivity index (χ3v) is 5.76. The van der Waals surface area contributed by atoms with Gasteiger partial charge in [0.25, 0.3) is 5.91 Å². The number of carbonyl (C=O) groups is 1. The molecule has 116 valence electrons. The lowest BCUT2D eigenvalue weighted by Crippen LogP contribution is -2.54. The van der Waals surface area contributed by atoms with Crippen LogP contribution in [0.5, 0.6) is 0 Å².